The Morgan fingerprint density at radius 1 is 1.21 bits per heavy atom. The van der Waals surface area contributed by atoms with Gasteiger partial charge in [0.1, 0.15) is 11.6 Å². The van der Waals surface area contributed by atoms with Crippen LogP contribution in [-0.2, 0) is 0 Å². The average Bonchev–Trinajstić information content (AvgIpc) is 3.35. The highest BCUT2D eigenvalue weighted by atomic mass is 16.3. The van der Waals surface area contributed by atoms with Crippen molar-refractivity contribution in [2.75, 3.05) is 13.1 Å². The molecule has 5 nitrogen and oxygen atoms in total. The van der Waals surface area contributed by atoms with E-state index in [9.17, 15) is 4.79 Å². The first-order valence-electron chi connectivity index (χ1n) is 8.24. The molecule has 1 amide bonds. The molecule has 0 bridgehead atoms. The molecule has 0 radical (unpaired) electrons. The van der Waals surface area contributed by atoms with Gasteiger partial charge in [-0.25, -0.2) is 4.98 Å². The second-order valence-corrected chi connectivity index (χ2v) is 6.10. The van der Waals surface area contributed by atoms with Gasteiger partial charge in [-0.05, 0) is 37.1 Å². The summed E-state index contributed by atoms with van der Waals surface area (Å²) in [6, 6.07) is 11.4. The summed E-state index contributed by atoms with van der Waals surface area (Å²) in [5, 5.41) is 0. The number of nitrogens with one attached hydrogen (secondary N) is 1. The first-order valence-corrected chi connectivity index (χ1v) is 8.24. The van der Waals surface area contributed by atoms with Gasteiger partial charge >= 0.3 is 0 Å². The minimum atomic E-state index is 0.0845. The Balaban J connectivity index is 1.46. The number of imidazole rings is 1. The van der Waals surface area contributed by atoms with Crippen LogP contribution in [0.5, 0.6) is 0 Å². The number of carbonyl (C=O) groups excluding carboxylic acids is 1. The van der Waals surface area contributed by atoms with Crippen LogP contribution in [0.2, 0.25) is 0 Å². The monoisotopic (exact) mass is 321 g/mol. The van der Waals surface area contributed by atoms with Gasteiger partial charge in [-0.3, -0.25) is 4.79 Å². The molecule has 1 aromatic carbocycles. The van der Waals surface area contributed by atoms with E-state index in [4.69, 9.17) is 4.42 Å². The second kappa shape index (κ2) is 6.35. The fourth-order valence-electron chi connectivity index (χ4n) is 3.29. The highest BCUT2D eigenvalue weighted by molar-refractivity contribution is 5.95. The first-order chi connectivity index (χ1) is 11.8. The molecule has 24 heavy (non-hydrogen) atoms. The van der Waals surface area contributed by atoms with Gasteiger partial charge in [0, 0.05) is 42.5 Å². The number of piperidine rings is 1. The smallest absolute Gasteiger partial charge is 0.253 e. The normalized spacial score (nSPS) is 15.6. The molecule has 1 aliphatic heterocycles. The highest BCUT2D eigenvalue weighted by Crippen LogP contribution is 2.27. The number of hydrogen-bond donors (Lipinski definition) is 1. The molecule has 2 aromatic heterocycles. The quantitative estimate of drug-likeness (QED) is 0.800. The minimum absolute atomic E-state index is 0.0845. The van der Waals surface area contributed by atoms with E-state index < -0.39 is 0 Å². The van der Waals surface area contributed by atoms with Gasteiger partial charge in [0.2, 0.25) is 0 Å². The Morgan fingerprint density at radius 2 is 2.08 bits per heavy atom. The molecule has 1 N–H and O–H groups in total. The van der Waals surface area contributed by atoms with Crippen molar-refractivity contribution in [1.29, 1.82) is 0 Å². The summed E-state index contributed by atoms with van der Waals surface area (Å²) in [4.78, 5) is 22.2. The van der Waals surface area contributed by atoms with Crippen molar-refractivity contribution in [3.63, 3.8) is 0 Å². The van der Waals surface area contributed by atoms with E-state index in [-0.39, 0.29) is 5.91 Å². The van der Waals surface area contributed by atoms with E-state index >= 15 is 0 Å². The third-order valence-corrected chi connectivity index (χ3v) is 4.60. The molecule has 0 unspecified atom stereocenters. The lowest BCUT2D eigenvalue weighted by molar-refractivity contribution is 0.0711. The molecule has 0 atom stereocenters. The molecule has 3 aromatic rings. The number of H-pyrrole nitrogens is 1. The molecule has 1 aliphatic rings. The van der Waals surface area contributed by atoms with Crippen LogP contribution in [0.25, 0.3) is 11.3 Å². The number of rotatable bonds is 3. The Bertz CT molecular complexity index is 801. The van der Waals surface area contributed by atoms with Crippen molar-refractivity contribution in [2.45, 2.75) is 18.8 Å². The largest absolute Gasteiger partial charge is 0.464 e. The Hall–Kier alpha value is -2.82. The summed E-state index contributed by atoms with van der Waals surface area (Å²) in [6.07, 6.45) is 7.16. The maximum absolute atomic E-state index is 12.8. The zero-order valence-corrected chi connectivity index (χ0v) is 13.3. The van der Waals surface area contributed by atoms with Gasteiger partial charge in [-0.15, -0.1) is 0 Å². The maximum Gasteiger partial charge on any atom is 0.253 e. The van der Waals surface area contributed by atoms with E-state index in [2.05, 4.69) is 9.97 Å². The van der Waals surface area contributed by atoms with E-state index in [1.807, 2.05) is 47.5 Å². The van der Waals surface area contributed by atoms with Crippen LogP contribution in [0.1, 0.15) is 34.9 Å². The molecule has 4 rings (SSSR count). The number of furan rings is 1. The predicted molar refractivity (Wildman–Crippen MR) is 90.6 cm³/mol. The lowest BCUT2D eigenvalue weighted by atomic mass is 9.95. The molecule has 0 spiro atoms. The Morgan fingerprint density at radius 3 is 2.79 bits per heavy atom. The van der Waals surface area contributed by atoms with Crippen molar-refractivity contribution in [3.05, 3.63) is 66.4 Å². The van der Waals surface area contributed by atoms with Crippen LogP contribution in [0, 0.1) is 0 Å². The van der Waals surface area contributed by atoms with E-state index in [1.165, 1.54) is 0 Å². The van der Waals surface area contributed by atoms with Gasteiger partial charge < -0.3 is 14.3 Å². The number of hydrogen-bond acceptors (Lipinski definition) is 3. The lowest BCUT2D eigenvalue weighted by Crippen LogP contribution is -2.38. The van der Waals surface area contributed by atoms with Crippen molar-refractivity contribution < 1.29 is 9.21 Å². The van der Waals surface area contributed by atoms with Gasteiger partial charge in [0.15, 0.2) is 0 Å². The number of amides is 1. The molecule has 1 saturated heterocycles. The minimum Gasteiger partial charge on any atom is -0.464 e. The molecule has 3 heterocycles. The number of benzene rings is 1. The van der Waals surface area contributed by atoms with Gasteiger partial charge in [-0.1, -0.05) is 12.1 Å². The van der Waals surface area contributed by atoms with Gasteiger partial charge in [0.25, 0.3) is 5.91 Å². The Kier molecular flexibility index (Phi) is 3.91. The van der Waals surface area contributed by atoms with Crippen LogP contribution >= 0.6 is 0 Å². The maximum atomic E-state index is 12.8. The number of nitrogens with zero attached hydrogens (tertiary/aromatic N) is 2. The van der Waals surface area contributed by atoms with Gasteiger partial charge in [-0.2, -0.15) is 0 Å². The fraction of sp³-hybridized carbons (Fsp3) is 0.263. The van der Waals surface area contributed by atoms with Crippen LogP contribution in [0.4, 0.5) is 0 Å². The number of carbonyl (C=O) groups is 1. The molecular formula is C19H19N3O2. The van der Waals surface area contributed by atoms with Gasteiger partial charge in [0.05, 0.1) is 6.26 Å². The molecule has 1 fully saturated rings. The standard InChI is InChI=1S/C19H19N3O2/c23-19(16-4-1-3-15(13-16)17-5-2-12-24-17)22-10-6-14(7-11-22)18-20-8-9-21-18/h1-5,8-9,12-14H,6-7,10-11H2,(H,20,21). The number of aromatic amines is 1. The van der Waals surface area contributed by atoms with Crippen LogP contribution in [-0.4, -0.2) is 33.9 Å². The molecule has 122 valence electrons. The summed E-state index contributed by atoms with van der Waals surface area (Å²) < 4.78 is 5.42. The van der Waals surface area contributed by atoms with E-state index in [0.717, 1.165) is 43.1 Å². The van der Waals surface area contributed by atoms with Crippen molar-refractivity contribution in [3.8, 4) is 11.3 Å². The third-order valence-electron chi connectivity index (χ3n) is 4.60. The summed E-state index contributed by atoms with van der Waals surface area (Å²) >= 11 is 0. The topological polar surface area (TPSA) is 62.1 Å². The molecular weight excluding hydrogens is 302 g/mol. The molecule has 0 aliphatic carbocycles. The SMILES string of the molecule is O=C(c1cccc(-c2ccco2)c1)N1CCC(c2ncc[nH]2)CC1. The highest BCUT2D eigenvalue weighted by Gasteiger charge is 2.25. The van der Waals surface area contributed by atoms with Crippen LogP contribution in [0.15, 0.2) is 59.5 Å². The number of likely N-dealkylation sites (tertiary alicyclic amines) is 1. The fourth-order valence-corrected chi connectivity index (χ4v) is 3.29. The van der Waals surface area contributed by atoms with Crippen molar-refractivity contribution in [1.82, 2.24) is 14.9 Å². The lowest BCUT2D eigenvalue weighted by Gasteiger charge is -2.31. The summed E-state index contributed by atoms with van der Waals surface area (Å²) in [7, 11) is 0. The summed E-state index contributed by atoms with van der Waals surface area (Å²) in [5.41, 5.74) is 1.64. The predicted octanol–water partition coefficient (Wildman–Crippen LogP) is 3.69. The first kappa shape index (κ1) is 14.8. The van der Waals surface area contributed by atoms with E-state index in [0.29, 0.717) is 11.5 Å². The summed E-state index contributed by atoms with van der Waals surface area (Å²) in [5.74, 6) is 2.31. The Labute approximate surface area is 140 Å². The molecule has 0 saturated carbocycles. The van der Waals surface area contributed by atoms with E-state index in [1.54, 1.807) is 12.5 Å². The third kappa shape index (κ3) is 2.85. The average molecular weight is 321 g/mol. The van der Waals surface area contributed by atoms with Crippen LogP contribution in [0.3, 0.4) is 0 Å². The zero-order chi connectivity index (χ0) is 16.4. The van der Waals surface area contributed by atoms with Crippen molar-refractivity contribution in [2.24, 2.45) is 0 Å². The number of aromatic nitrogens is 2. The van der Waals surface area contributed by atoms with Crippen molar-refractivity contribution >= 4 is 5.91 Å². The second-order valence-electron chi connectivity index (χ2n) is 6.10. The van der Waals surface area contributed by atoms with Crippen LogP contribution < -0.4 is 0 Å². The zero-order valence-electron chi connectivity index (χ0n) is 13.3. The molecule has 5 heteroatoms. The summed E-state index contributed by atoms with van der Waals surface area (Å²) in [6.45, 7) is 1.52.